The van der Waals surface area contributed by atoms with Crippen LogP contribution < -0.4 is 17.2 Å². The summed E-state index contributed by atoms with van der Waals surface area (Å²) in [5.41, 5.74) is 28.6. The zero-order valence-corrected chi connectivity index (χ0v) is 24.8. The first-order valence-corrected chi connectivity index (χ1v) is 15.7. The molecule has 0 saturated carbocycles. The number of hydrogen-bond acceptors (Lipinski definition) is 3. The second kappa shape index (κ2) is 16.5. The van der Waals surface area contributed by atoms with Crippen LogP contribution in [0.25, 0.3) is 16.7 Å². The maximum absolute atomic E-state index is 6.00. The third-order valence-electron chi connectivity index (χ3n) is 8.29. The summed E-state index contributed by atoms with van der Waals surface area (Å²) >= 11 is 0. The summed E-state index contributed by atoms with van der Waals surface area (Å²) in [4.78, 5) is 0. The van der Waals surface area contributed by atoms with Crippen molar-refractivity contribution in [1.82, 2.24) is 0 Å². The summed E-state index contributed by atoms with van der Waals surface area (Å²) in [5, 5.41) is 0. The molecule has 0 amide bonds. The predicted octanol–water partition coefficient (Wildman–Crippen LogP) is 10.5. The van der Waals surface area contributed by atoms with E-state index in [2.05, 4.69) is 48.6 Å². The number of para-hydroxylation sites is 3. The highest BCUT2D eigenvalue weighted by Gasteiger charge is 2.09. The molecule has 3 heteroatoms. The van der Waals surface area contributed by atoms with Crippen molar-refractivity contribution in [2.45, 2.75) is 89.9 Å². The lowest BCUT2D eigenvalue weighted by Crippen LogP contribution is -1.95. The molecule has 216 valence electrons. The van der Waals surface area contributed by atoms with Gasteiger partial charge in [0.05, 0.1) is 0 Å². The van der Waals surface area contributed by atoms with Gasteiger partial charge in [-0.15, -0.1) is 0 Å². The highest BCUT2D eigenvalue weighted by molar-refractivity contribution is 5.77. The Labute approximate surface area is 248 Å². The van der Waals surface area contributed by atoms with E-state index in [1.807, 2.05) is 42.5 Å². The average Bonchev–Trinajstić information content (AvgIpc) is 3.37. The minimum absolute atomic E-state index is 0.908. The molecule has 0 saturated heterocycles. The molecule has 3 aliphatic rings. The van der Waals surface area contributed by atoms with E-state index in [0.717, 1.165) is 17.1 Å². The lowest BCUT2D eigenvalue weighted by Gasteiger charge is -2.13. The maximum atomic E-state index is 6.00. The van der Waals surface area contributed by atoms with Gasteiger partial charge in [-0.1, -0.05) is 92.1 Å². The molecular weight excluding hydrogens is 498 g/mol. The fraction of sp³-hybridized carbons (Fsp3) is 0.368. The number of nitrogens with two attached hydrogens (primary N) is 3. The van der Waals surface area contributed by atoms with Gasteiger partial charge in [-0.2, -0.15) is 0 Å². The number of allylic oxidation sites excluding steroid dienone is 6. The third kappa shape index (κ3) is 9.42. The lowest BCUT2D eigenvalue weighted by molar-refractivity contribution is 0.643. The van der Waals surface area contributed by atoms with Crippen molar-refractivity contribution in [2.75, 3.05) is 17.2 Å². The van der Waals surface area contributed by atoms with E-state index in [1.54, 1.807) is 0 Å². The van der Waals surface area contributed by atoms with Crippen molar-refractivity contribution < 1.29 is 0 Å². The van der Waals surface area contributed by atoms with Crippen LogP contribution in [0.2, 0.25) is 0 Å². The Morgan fingerprint density at radius 1 is 0.341 bits per heavy atom. The number of benzene rings is 3. The Balaban J connectivity index is 0.000000142. The number of hydrogen-bond donors (Lipinski definition) is 3. The van der Waals surface area contributed by atoms with Crippen LogP contribution in [0.3, 0.4) is 0 Å². The van der Waals surface area contributed by atoms with E-state index in [9.17, 15) is 0 Å². The molecule has 6 N–H and O–H groups in total. The van der Waals surface area contributed by atoms with Crippen molar-refractivity contribution in [3.8, 4) is 0 Å². The Hall–Kier alpha value is -3.72. The Kier molecular flexibility index (Phi) is 12.2. The highest BCUT2D eigenvalue weighted by atomic mass is 14.6. The van der Waals surface area contributed by atoms with Crippen molar-refractivity contribution in [2.24, 2.45) is 0 Å². The van der Waals surface area contributed by atoms with E-state index in [4.69, 9.17) is 17.2 Å². The minimum atomic E-state index is 0.908. The van der Waals surface area contributed by atoms with Gasteiger partial charge in [-0.05, 0) is 106 Å². The standard InChI is InChI=1S/C14H19N.C13H17N.C11H13N/c15-14-11-7-6-10-13(14)12-8-4-2-1-3-5-9-12;14-13-10-6-5-9-12(13)11-7-3-1-2-4-8-11;12-11-8-4-3-7-10(11)9-5-1-2-6-9/h6-8,10-11H,1-5,9,15H2;5-7,9-10H,1-4,8,14H2;3-5,7-8H,1-2,6,12H2. The first-order valence-electron chi connectivity index (χ1n) is 15.7. The number of anilines is 3. The summed E-state index contributed by atoms with van der Waals surface area (Å²) in [6.45, 7) is 0. The smallest absolute Gasteiger partial charge is 0.0390 e. The van der Waals surface area contributed by atoms with Crippen LogP contribution in [0.1, 0.15) is 107 Å². The third-order valence-corrected chi connectivity index (χ3v) is 8.29. The second-order valence-corrected chi connectivity index (χ2v) is 11.4. The minimum Gasteiger partial charge on any atom is -0.398 e. The van der Waals surface area contributed by atoms with Crippen LogP contribution in [0.5, 0.6) is 0 Å². The van der Waals surface area contributed by atoms with Gasteiger partial charge in [0.1, 0.15) is 0 Å². The quantitative estimate of drug-likeness (QED) is 0.285. The van der Waals surface area contributed by atoms with Crippen LogP contribution in [0.15, 0.2) is 91.0 Å². The van der Waals surface area contributed by atoms with Gasteiger partial charge in [0.2, 0.25) is 0 Å². The summed E-state index contributed by atoms with van der Waals surface area (Å²) in [7, 11) is 0. The van der Waals surface area contributed by atoms with E-state index in [1.165, 1.54) is 123 Å². The molecule has 3 aromatic rings. The van der Waals surface area contributed by atoms with Crippen LogP contribution in [0.4, 0.5) is 17.1 Å². The summed E-state index contributed by atoms with van der Waals surface area (Å²) in [6, 6.07) is 24.5. The molecule has 3 nitrogen and oxygen atoms in total. The van der Waals surface area contributed by atoms with E-state index < -0.39 is 0 Å². The summed E-state index contributed by atoms with van der Waals surface area (Å²) in [6.07, 6.45) is 24.9. The molecular formula is C38H49N3. The SMILES string of the molecule is Nc1ccccc1C1=CCCC1.Nc1ccccc1C1=CCCCCC1.Nc1ccccc1C1=CCCCCCC1. The summed E-state index contributed by atoms with van der Waals surface area (Å²) < 4.78 is 0. The first-order chi connectivity index (χ1) is 20.1. The van der Waals surface area contributed by atoms with E-state index >= 15 is 0 Å². The molecule has 0 radical (unpaired) electrons. The monoisotopic (exact) mass is 547 g/mol. The molecule has 3 aliphatic carbocycles. The molecule has 0 fully saturated rings. The van der Waals surface area contributed by atoms with Gasteiger partial charge < -0.3 is 17.2 Å². The zero-order chi connectivity index (χ0) is 28.7. The fourth-order valence-electron chi connectivity index (χ4n) is 5.98. The number of nitrogen functional groups attached to an aromatic ring is 3. The molecule has 0 bridgehead atoms. The summed E-state index contributed by atoms with van der Waals surface area (Å²) in [5.74, 6) is 0. The zero-order valence-electron chi connectivity index (χ0n) is 24.8. The maximum Gasteiger partial charge on any atom is 0.0390 e. The molecule has 0 aliphatic heterocycles. The van der Waals surface area contributed by atoms with E-state index in [-0.39, 0.29) is 0 Å². The van der Waals surface area contributed by atoms with Gasteiger partial charge >= 0.3 is 0 Å². The molecule has 0 aromatic heterocycles. The first kappa shape index (κ1) is 30.2. The van der Waals surface area contributed by atoms with Crippen molar-refractivity contribution in [3.05, 3.63) is 108 Å². The van der Waals surface area contributed by atoms with Crippen LogP contribution in [0, 0.1) is 0 Å². The molecule has 0 spiro atoms. The fourth-order valence-corrected chi connectivity index (χ4v) is 5.98. The highest BCUT2D eigenvalue weighted by Crippen LogP contribution is 2.31. The molecule has 0 heterocycles. The molecule has 0 atom stereocenters. The Morgan fingerprint density at radius 2 is 0.659 bits per heavy atom. The van der Waals surface area contributed by atoms with Crippen molar-refractivity contribution in [3.63, 3.8) is 0 Å². The Bertz CT molecular complexity index is 1330. The lowest BCUT2D eigenvalue weighted by atomic mass is 9.94. The van der Waals surface area contributed by atoms with Gasteiger partial charge in [0.15, 0.2) is 0 Å². The molecule has 41 heavy (non-hydrogen) atoms. The Morgan fingerprint density at radius 3 is 1.02 bits per heavy atom. The molecule has 0 unspecified atom stereocenters. The van der Waals surface area contributed by atoms with Gasteiger partial charge in [0.25, 0.3) is 0 Å². The largest absolute Gasteiger partial charge is 0.398 e. The molecule has 3 aromatic carbocycles. The van der Waals surface area contributed by atoms with Crippen LogP contribution in [-0.4, -0.2) is 0 Å². The number of rotatable bonds is 3. The second-order valence-electron chi connectivity index (χ2n) is 11.4. The molecule has 6 rings (SSSR count). The predicted molar refractivity (Wildman–Crippen MR) is 181 cm³/mol. The average molecular weight is 548 g/mol. The van der Waals surface area contributed by atoms with Gasteiger partial charge in [-0.25, -0.2) is 0 Å². The van der Waals surface area contributed by atoms with Gasteiger partial charge in [-0.3, -0.25) is 0 Å². The van der Waals surface area contributed by atoms with Crippen molar-refractivity contribution >= 4 is 33.8 Å². The van der Waals surface area contributed by atoms with Crippen LogP contribution in [-0.2, 0) is 0 Å². The topological polar surface area (TPSA) is 78.1 Å². The van der Waals surface area contributed by atoms with Gasteiger partial charge in [0, 0.05) is 33.8 Å². The van der Waals surface area contributed by atoms with Crippen LogP contribution >= 0.6 is 0 Å². The van der Waals surface area contributed by atoms with Crippen molar-refractivity contribution in [1.29, 1.82) is 0 Å². The normalized spacial score (nSPS) is 17.1. The van der Waals surface area contributed by atoms with E-state index in [0.29, 0.717) is 0 Å².